The summed E-state index contributed by atoms with van der Waals surface area (Å²) in [4.78, 5) is 18.6. The van der Waals surface area contributed by atoms with Gasteiger partial charge in [-0.3, -0.25) is 4.79 Å². The minimum atomic E-state index is 0.263. The molecule has 2 aliphatic heterocycles. The molecule has 5 nitrogen and oxygen atoms in total. The Morgan fingerprint density at radius 1 is 1.50 bits per heavy atom. The molecule has 0 radical (unpaired) electrons. The van der Waals surface area contributed by atoms with E-state index >= 15 is 0 Å². The number of amides is 1. The van der Waals surface area contributed by atoms with E-state index in [2.05, 4.69) is 10.3 Å². The van der Waals surface area contributed by atoms with Gasteiger partial charge < -0.3 is 15.0 Å². The summed E-state index contributed by atoms with van der Waals surface area (Å²) in [5.41, 5.74) is 0.988. The standard InChI is InChI=1S/C15H21N3O2/c1-20-15-12(3-2-7-17-15)10-18-13-6-8-16-9-11(13)4-5-14(18)19/h2-3,7,11,13,16H,4-6,8-10H2,1H3. The minimum Gasteiger partial charge on any atom is -0.481 e. The van der Waals surface area contributed by atoms with Crippen LogP contribution in [0.2, 0.25) is 0 Å². The minimum absolute atomic E-state index is 0.263. The first-order valence-electron chi connectivity index (χ1n) is 7.27. The van der Waals surface area contributed by atoms with Gasteiger partial charge in [0.1, 0.15) is 0 Å². The number of nitrogens with one attached hydrogen (secondary N) is 1. The van der Waals surface area contributed by atoms with Crippen LogP contribution in [0.3, 0.4) is 0 Å². The number of carbonyl (C=O) groups excluding carboxylic acids is 1. The third kappa shape index (κ3) is 2.50. The van der Waals surface area contributed by atoms with Crippen molar-refractivity contribution < 1.29 is 9.53 Å². The van der Waals surface area contributed by atoms with Crippen LogP contribution in [0.5, 0.6) is 5.88 Å². The second-order valence-corrected chi connectivity index (χ2v) is 5.55. The Labute approximate surface area is 119 Å². The molecular weight excluding hydrogens is 254 g/mol. The van der Waals surface area contributed by atoms with Crippen LogP contribution in [-0.2, 0) is 11.3 Å². The first kappa shape index (κ1) is 13.4. The van der Waals surface area contributed by atoms with E-state index in [9.17, 15) is 4.79 Å². The van der Waals surface area contributed by atoms with Gasteiger partial charge in [0, 0.05) is 24.2 Å². The van der Waals surface area contributed by atoms with Crippen molar-refractivity contribution in [3.63, 3.8) is 0 Å². The number of likely N-dealkylation sites (tertiary alicyclic amines) is 1. The molecule has 1 aromatic rings. The number of hydrogen-bond donors (Lipinski definition) is 1. The lowest BCUT2D eigenvalue weighted by atomic mass is 9.84. The van der Waals surface area contributed by atoms with Gasteiger partial charge >= 0.3 is 0 Å². The fourth-order valence-electron chi connectivity index (χ4n) is 3.37. The molecule has 2 saturated heterocycles. The van der Waals surface area contributed by atoms with Crippen molar-refractivity contribution >= 4 is 5.91 Å². The molecule has 0 bridgehead atoms. The zero-order valence-electron chi connectivity index (χ0n) is 11.8. The Kier molecular flexibility index (Phi) is 3.87. The maximum atomic E-state index is 12.3. The number of aromatic nitrogens is 1. The van der Waals surface area contributed by atoms with E-state index in [0.717, 1.165) is 31.5 Å². The summed E-state index contributed by atoms with van der Waals surface area (Å²) in [5.74, 6) is 1.47. The predicted octanol–water partition coefficient (Wildman–Crippen LogP) is 1.19. The fraction of sp³-hybridized carbons (Fsp3) is 0.600. The zero-order valence-corrected chi connectivity index (χ0v) is 11.8. The Balaban J connectivity index is 1.81. The molecule has 1 N–H and O–H groups in total. The van der Waals surface area contributed by atoms with Gasteiger partial charge in [0.2, 0.25) is 11.8 Å². The molecule has 2 aliphatic rings. The lowest BCUT2D eigenvalue weighted by molar-refractivity contribution is -0.140. The molecule has 3 rings (SSSR count). The van der Waals surface area contributed by atoms with Crippen LogP contribution in [0.4, 0.5) is 0 Å². The molecular formula is C15H21N3O2. The molecule has 2 atom stereocenters. The van der Waals surface area contributed by atoms with Crippen LogP contribution >= 0.6 is 0 Å². The van der Waals surface area contributed by atoms with Gasteiger partial charge in [0.15, 0.2) is 0 Å². The summed E-state index contributed by atoms with van der Waals surface area (Å²) in [5, 5.41) is 3.43. The molecule has 2 unspecified atom stereocenters. The summed E-state index contributed by atoms with van der Waals surface area (Å²) in [6.07, 6.45) is 4.43. The third-order valence-corrected chi connectivity index (χ3v) is 4.40. The number of pyridine rings is 1. The van der Waals surface area contributed by atoms with Gasteiger partial charge in [0.05, 0.1) is 13.7 Å². The Morgan fingerprint density at radius 3 is 3.25 bits per heavy atom. The van der Waals surface area contributed by atoms with Crippen molar-refractivity contribution in [2.45, 2.75) is 31.8 Å². The van der Waals surface area contributed by atoms with E-state index in [1.165, 1.54) is 0 Å². The molecule has 5 heteroatoms. The van der Waals surface area contributed by atoms with Gasteiger partial charge in [0.25, 0.3) is 0 Å². The van der Waals surface area contributed by atoms with E-state index in [1.807, 2.05) is 17.0 Å². The lowest BCUT2D eigenvalue weighted by Gasteiger charge is -2.44. The first-order chi connectivity index (χ1) is 9.79. The second-order valence-electron chi connectivity index (χ2n) is 5.55. The SMILES string of the molecule is COc1ncccc1CN1C(=O)CCC2CNCCC21. The van der Waals surface area contributed by atoms with Crippen LogP contribution in [0.1, 0.15) is 24.8 Å². The molecule has 20 heavy (non-hydrogen) atoms. The van der Waals surface area contributed by atoms with E-state index in [0.29, 0.717) is 30.8 Å². The second kappa shape index (κ2) is 5.79. The van der Waals surface area contributed by atoms with Gasteiger partial charge in [-0.05, 0) is 37.9 Å². The average Bonchev–Trinajstić information content (AvgIpc) is 2.50. The predicted molar refractivity (Wildman–Crippen MR) is 75.3 cm³/mol. The molecule has 0 aliphatic carbocycles. The quantitative estimate of drug-likeness (QED) is 0.900. The van der Waals surface area contributed by atoms with Crippen molar-refractivity contribution in [2.75, 3.05) is 20.2 Å². The maximum absolute atomic E-state index is 12.3. The van der Waals surface area contributed by atoms with E-state index in [-0.39, 0.29) is 5.91 Å². The van der Waals surface area contributed by atoms with Crippen molar-refractivity contribution in [3.8, 4) is 5.88 Å². The molecule has 1 amide bonds. The Morgan fingerprint density at radius 2 is 2.40 bits per heavy atom. The average molecular weight is 275 g/mol. The highest BCUT2D eigenvalue weighted by Crippen LogP contribution is 2.30. The van der Waals surface area contributed by atoms with E-state index in [4.69, 9.17) is 4.74 Å². The van der Waals surface area contributed by atoms with Gasteiger partial charge in [-0.25, -0.2) is 4.98 Å². The lowest BCUT2D eigenvalue weighted by Crippen LogP contribution is -2.54. The number of methoxy groups -OCH3 is 1. The number of fused-ring (bicyclic) bond motifs is 1. The highest BCUT2D eigenvalue weighted by Gasteiger charge is 2.37. The van der Waals surface area contributed by atoms with Crippen molar-refractivity contribution in [2.24, 2.45) is 5.92 Å². The monoisotopic (exact) mass is 275 g/mol. The molecule has 1 aromatic heterocycles. The van der Waals surface area contributed by atoms with Crippen molar-refractivity contribution in [3.05, 3.63) is 23.9 Å². The molecule has 0 saturated carbocycles. The van der Waals surface area contributed by atoms with E-state index in [1.54, 1.807) is 13.3 Å². The number of hydrogen-bond acceptors (Lipinski definition) is 4. The Bertz CT molecular complexity index is 492. The number of nitrogens with zero attached hydrogens (tertiary/aromatic N) is 2. The smallest absolute Gasteiger partial charge is 0.223 e. The molecule has 0 aromatic carbocycles. The topological polar surface area (TPSA) is 54.5 Å². The van der Waals surface area contributed by atoms with Crippen LogP contribution in [0.15, 0.2) is 18.3 Å². The molecule has 108 valence electrons. The molecule has 0 spiro atoms. The summed E-state index contributed by atoms with van der Waals surface area (Å²) in [6, 6.07) is 4.25. The molecule has 2 fully saturated rings. The normalized spacial score (nSPS) is 26.2. The summed E-state index contributed by atoms with van der Waals surface area (Å²) in [7, 11) is 1.62. The third-order valence-electron chi connectivity index (χ3n) is 4.40. The number of rotatable bonds is 3. The van der Waals surface area contributed by atoms with Crippen LogP contribution < -0.4 is 10.1 Å². The van der Waals surface area contributed by atoms with Crippen molar-refractivity contribution in [1.29, 1.82) is 0 Å². The van der Waals surface area contributed by atoms with Crippen molar-refractivity contribution in [1.82, 2.24) is 15.2 Å². The number of piperidine rings is 2. The summed E-state index contributed by atoms with van der Waals surface area (Å²) >= 11 is 0. The first-order valence-corrected chi connectivity index (χ1v) is 7.27. The van der Waals surface area contributed by atoms with Gasteiger partial charge in [-0.15, -0.1) is 0 Å². The highest BCUT2D eigenvalue weighted by molar-refractivity contribution is 5.77. The van der Waals surface area contributed by atoms with Gasteiger partial charge in [-0.1, -0.05) is 6.07 Å². The van der Waals surface area contributed by atoms with Gasteiger partial charge in [-0.2, -0.15) is 0 Å². The van der Waals surface area contributed by atoms with Crippen LogP contribution in [0.25, 0.3) is 0 Å². The van der Waals surface area contributed by atoms with E-state index < -0.39 is 0 Å². The highest BCUT2D eigenvalue weighted by atomic mass is 16.5. The molecule has 3 heterocycles. The largest absolute Gasteiger partial charge is 0.481 e. The zero-order chi connectivity index (χ0) is 13.9. The Hall–Kier alpha value is -1.62. The number of carbonyl (C=O) groups is 1. The summed E-state index contributed by atoms with van der Waals surface area (Å²) < 4.78 is 5.30. The number of ether oxygens (including phenoxy) is 1. The van der Waals surface area contributed by atoms with Crippen LogP contribution in [0, 0.1) is 5.92 Å². The van der Waals surface area contributed by atoms with Crippen LogP contribution in [-0.4, -0.2) is 42.0 Å². The summed E-state index contributed by atoms with van der Waals surface area (Å²) in [6.45, 7) is 2.63. The fourth-order valence-corrected chi connectivity index (χ4v) is 3.37. The maximum Gasteiger partial charge on any atom is 0.223 e.